The minimum atomic E-state index is -3.55. The van der Waals surface area contributed by atoms with E-state index in [1.165, 1.54) is 17.8 Å². The zero-order valence-corrected chi connectivity index (χ0v) is 13.0. The summed E-state index contributed by atoms with van der Waals surface area (Å²) in [6.45, 7) is 0.320. The van der Waals surface area contributed by atoms with Gasteiger partial charge in [0, 0.05) is 17.5 Å². The van der Waals surface area contributed by atoms with Crippen LogP contribution in [0.15, 0.2) is 28.0 Å². The molecule has 0 spiro atoms. The zero-order valence-electron chi connectivity index (χ0n) is 10.6. The molecule has 1 aliphatic rings. The van der Waals surface area contributed by atoms with Gasteiger partial charge in [-0.1, -0.05) is 11.6 Å². The monoisotopic (exact) mass is 320 g/mol. The van der Waals surface area contributed by atoms with E-state index in [0.29, 0.717) is 17.5 Å². The number of sulfonamides is 1. The average Bonchev–Trinajstić information content (AvgIpc) is 3.20. The van der Waals surface area contributed by atoms with Crippen LogP contribution < -0.4 is 10.5 Å². The van der Waals surface area contributed by atoms with Crippen LogP contribution in [-0.2, 0) is 10.0 Å². The van der Waals surface area contributed by atoms with Gasteiger partial charge in [-0.05, 0) is 43.2 Å². The third-order valence-electron chi connectivity index (χ3n) is 3.19. The summed E-state index contributed by atoms with van der Waals surface area (Å²) < 4.78 is 27.2. The molecule has 2 rings (SSSR count). The molecule has 1 aromatic rings. The van der Waals surface area contributed by atoms with Crippen molar-refractivity contribution in [2.45, 2.75) is 28.7 Å². The van der Waals surface area contributed by atoms with Crippen LogP contribution in [0.25, 0.3) is 0 Å². The summed E-state index contributed by atoms with van der Waals surface area (Å²) in [5.74, 6) is 0.376. The molecule has 0 amide bonds. The van der Waals surface area contributed by atoms with Gasteiger partial charge in [0.05, 0.1) is 9.92 Å². The molecule has 1 aromatic carbocycles. The maximum Gasteiger partial charge on any atom is 0.240 e. The number of rotatable bonds is 6. The molecule has 0 saturated heterocycles. The van der Waals surface area contributed by atoms with Gasteiger partial charge in [0.2, 0.25) is 10.0 Å². The fourth-order valence-corrected chi connectivity index (χ4v) is 4.20. The summed E-state index contributed by atoms with van der Waals surface area (Å²) in [5.41, 5.74) is 5.62. The van der Waals surface area contributed by atoms with Crippen molar-refractivity contribution in [3.8, 4) is 0 Å². The third-order valence-corrected chi connectivity index (χ3v) is 5.89. The summed E-state index contributed by atoms with van der Waals surface area (Å²) in [6.07, 6.45) is 3.97. The summed E-state index contributed by atoms with van der Waals surface area (Å²) in [6, 6.07) is 4.59. The molecule has 0 radical (unpaired) electrons. The third kappa shape index (κ3) is 3.64. The second-order valence-corrected chi connectivity index (χ2v) is 7.57. The standard InChI is InChI=1S/C12H17ClN2O2S2/c1-18-12-5-4-9(6-10(12)13)19(16,17)15-11(7-14)8-2-3-8/h4-6,8,11,15H,2-3,7,14H2,1H3. The van der Waals surface area contributed by atoms with Gasteiger partial charge >= 0.3 is 0 Å². The van der Waals surface area contributed by atoms with Crippen molar-refractivity contribution < 1.29 is 8.42 Å². The van der Waals surface area contributed by atoms with E-state index in [9.17, 15) is 8.42 Å². The van der Waals surface area contributed by atoms with Crippen molar-refractivity contribution in [2.75, 3.05) is 12.8 Å². The number of hydrogen-bond acceptors (Lipinski definition) is 4. The van der Waals surface area contributed by atoms with Crippen LogP contribution in [0.5, 0.6) is 0 Å². The zero-order chi connectivity index (χ0) is 14.0. The van der Waals surface area contributed by atoms with Crippen molar-refractivity contribution in [2.24, 2.45) is 11.7 Å². The van der Waals surface area contributed by atoms with E-state index in [4.69, 9.17) is 17.3 Å². The van der Waals surface area contributed by atoms with Crippen molar-refractivity contribution in [3.63, 3.8) is 0 Å². The number of nitrogens with two attached hydrogens (primary N) is 1. The fourth-order valence-electron chi connectivity index (χ4n) is 1.92. The minimum Gasteiger partial charge on any atom is -0.329 e. The van der Waals surface area contributed by atoms with Gasteiger partial charge in [0.15, 0.2) is 0 Å². The molecule has 1 unspecified atom stereocenters. The first-order chi connectivity index (χ1) is 8.97. The van der Waals surface area contributed by atoms with Crippen LogP contribution in [0.3, 0.4) is 0 Å². The van der Waals surface area contributed by atoms with Crippen molar-refractivity contribution in [1.29, 1.82) is 0 Å². The molecule has 7 heteroatoms. The normalized spacial score (nSPS) is 17.4. The first kappa shape index (κ1) is 15.1. The van der Waals surface area contributed by atoms with Crippen LogP contribution >= 0.6 is 23.4 Å². The molecular weight excluding hydrogens is 304 g/mol. The Morgan fingerprint density at radius 2 is 2.21 bits per heavy atom. The highest BCUT2D eigenvalue weighted by atomic mass is 35.5. The second kappa shape index (κ2) is 6.01. The maximum absolute atomic E-state index is 12.3. The van der Waals surface area contributed by atoms with E-state index < -0.39 is 10.0 Å². The van der Waals surface area contributed by atoms with E-state index in [0.717, 1.165) is 17.7 Å². The average molecular weight is 321 g/mol. The number of thioether (sulfide) groups is 1. The van der Waals surface area contributed by atoms with Crippen molar-refractivity contribution >= 4 is 33.4 Å². The minimum absolute atomic E-state index is 0.177. The summed E-state index contributed by atoms with van der Waals surface area (Å²) >= 11 is 7.52. The van der Waals surface area contributed by atoms with E-state index in [1.807, 2.05) is 6.26 Å². The molecule has 1 fully saturated rings. The van der Waals surface area contributed by atoms with Crippen molar-refractivity contribution in [1.82, 2.24) is 4.72 Å². The molecule has 0 bridgehead atoms. The fraction of sp³-hybridized carbons (Fsp3) is 0.500. The summed E-state index contributed by atoms with van der Waals surface area (Å²) in [5, 5.41) is 0.450. The van der Waals surface area contributed by atoms with Crippen molar-refractivity contribution in [3.05, 3.63) is 23.2 Å². The SMILES string of the molecule is CSc1ccc(S(=O)(=O)NC(CN)C2CC2)cc1Cl. The van der Waals surface area contributed by atoms with E-state index in [1.54, 1.807) is 12.1 Å². The van der Waals surface area contributed by atoms with Gasteiger partial charge in [-0.3, -0.25) is 0 Å². The number of nitrogens with one attached hydrogen (secondary N) is 1. The van der Waals surface area contributed by atoms with E-state index in [2.05, 4.69) is 4.72 Å². The predicted molar refractivity (Wildman–Crippen MR) is 79.1 cm³/mol. The topological polar surface area (TPSA) is 72.2 Å². The lowest BCUT2D eigenvalue weighted by Crippen LogP contribution is -2.41. The molecule has 0 aromatic heterocycles. The molecule has 4 nitrogen and oxygen atoms in total. The second-order valence-electron chi connectivity index (χ2n) is 4.60. The Kier molecular flexibility index (Phi) is 4.79. The first-order valence-electron chi connectivity index (χ1n) is 6.04. The quantitative estimate of drug-likeness (QED) is 0.787. The largest absolute Gasteiger partial charge is 0.329 e. The van der Waals surface area contributed by atoms with Crippen LogP contribution in [0.4, 0.5) is 0 Å². The lowest BCUT2D eigenvalue weighted by molar-refractivity contribution is 0.519. The Labute approximate surface area is 123 Å². The molecule has 106 valence electrons. The number of benzene rings is 1. The summed E-state index contributed by atoms with van der Waals surface area (Å²) in [4.78, 5) is 1.05. The van der Waals surface area contributed by atoms with Gasteiger partial charge in [0.1, 0.15) is 0 Å². The highest BCUT2D eigenvalue weighted by Crippen LogP contribution is 2.33. The van der Waals surface area contributed by atoms with Crippen LogP contribution in [-0.4, -0.2) is 27.3 Å². The molecule has 1 saturated carbocycles. The van der Waals surface area contributed by atoms with Crippen LogP contribution in [0.1, 0.15) is 12.8 Å². The Balaban J connectivity index is 2.21. The van der Waals surface area contributed by atoms with Gasteiger partial charge in [-0.2, -0.15) is 0 Å². The van der Waals surface area contributed by atoms with Crippen LogP contribution in [0.2, 0.25) is 5.02 Å². The smallest absolute Gasteiger partial charge is 0.240 e. The van der Waals surface area contributed by atoms with Crippen LogP contribution in [0, 0.1) is 5.92 Å². The molecule has 1 atom stereocenters. The predicted octanol–water partition coefficient (Wildman–Crippen LogP) is 2.08. The lowest BCUT2D eigenvalue weighted by atomic mass is 10.2. The van der Waals surface area contributed by atoms with Gasteiger partial charge in [-0.15, -0.1) is 11.8 Å². The highest BCUT2D eigenvalue weighted by molar-refractivity contribution is 7.98. The van der Waals surface area contributed by atoms with E-state index in [-0.39, 0.29) is 10.9 Å². The van der Waals surface area contributed by atoms with Gasteiger partial charge in [0.25, 0.3) is 0 Å². The Morgan fingerprint density at radius 1 is 1.53 bits per heavy atom. The number of hydrogen-bond donors (Lipinski definition) is 2. The molecule has 0 aliphatic heterocycles. The highest BCUT2D eigenvalue weighted by Gasteiger charge is 2.33. The molecule has 19 heavy (non-hydrogen) atoms. The van der Waals surface area contributed by atoms with E-state index >= 15 is 0 Å². The number of halogens is 1. The van der Waals surface area contributed by atoms with Gasteiger partial charge < -0.3 is 5.73 Å². The maximum atomic E-state index is 12.3. The van der Waals surface area contributed by atoms with Gasteiger partial charge in [-0.25, -0.2) is 13.1 Å². The first-order valence-corrected chi connectivity index (χ1v) is 9.12. The molecule has 1 aliphatic carbocycles. The Hall–Kier alpha value is -0.270. The lowest BCUT2D eigenvalue weighted by Gasteiger charge is -2.16. The molecule has 0 heterocycles. The molecule has 3 N–H and O–H groups in total. The Morgan fingerprint density at radius 3 is 2.68 bits per heavy atom. The summed E-state index contributed by atoms with van der Waals surface area (Å²) in [7, 11) is -3.55. The Bertz CT molecular complexity index is 559. The molecular formula is C12H17ClN2O2S2.